The van der Waals surface area contributed by atoms with Gasteiger partial charge in [-0.2, -0.15) is 0 Å². The lowest BCUT2D eigenvalue weighted by molar-refractivity contribution is 0.129. The molecule has 0 bridgehead atoms. The standard InChI is InChI=1S/C15H20Cl2N2O/c1-3-8-20-9-4-7-19-14-10-12(17)5-6-13(14)18-15(19)11(2)16/h5-6,10-11H,3-4,7-9H2,1-2H3. The van der Waals surface area contributed by atoms with Crippen LogP contribution < -0.4 is 0 Å². The van der Waals surface area contributed by atoms with Gasteiger partial charge >= 0.3 is 0 Å². The van der Waals surface area contributed by atoms with Crippen molar-refractivity contribution in [1.82, 2.24) is 9.55 Å². The molecule has 110 valence electrons. The van der Waals surface area contributed by atoms with Crippen molar-refractivity contribution in [2.24, 2.45) is 0 Å². The number of ether oxygens (including phenoxy) is 1. The van der Waals surface area contributed by atoms with E-state index in [-0.39, 0.29) is 5.38 Å². The van der Waals surface area contributed by atoms with Crippen molar-refractivity contribution >= 4 is 34.2 Å². The van der Waals surface area contributed by atoms with Gasteiger partial charge < -0.3 is 9.30 Å². The lowest BCUT2D eigenvalue weighted by atomic mass is 10.3. The van der Waals surface area contributed by atoms with Crippen LogP contribution in [0.1, 0.15) is 37.9 Å². The highest BCUT2D eigenvalue weighted by atomic mass is 35.5. The Bertz CT molecular complexity index is 566. The highest BCUT2D eigenvalue weighted by Gasteiger charge is 2.14. The van der Waals surface area contributed by atoms with E-state index in [1.54, 1.807) is 0 Å². The lowest BCUT2D eigenvalue weighted by Gasteiger charge is -2.10. The third kappa shape index (κ3) is 3.66. The zero-order valence-electron chi connectivity index (χ0n) is 11.9. The Balaban J connectivity index is 2.19. The summed E-state index contributed by atoms with van der Waals surface area (Å²) in [7, 11) is 0. The second-order valence-corrected chi connectivity index (χ2v) is 5.93. The molecule has 1 aromatic carbocycles. The maximum atomic E-state index is 6.23. The molecule has 0 aliphatic rings. The molecule has 1 unspecified atom stereocenters. The van der Waals surface area contributed by atoms with Crippen LogP contribution in [0.15, 0.2) is 18.2 Å². The normalized spacial score (nSPS) is 13.0. The van der Waals surface area contributed by atoms with Crippen LogP contribution in [0.25, 0.3) is 11.0 Å². The Hall–Kier alpha value is -0.770. The van der Waals surface area contributed by atoms with Crippen LogP contribution in [0, 0.1) is 0 Å². The van der Waals surface area contributed by atoms with Crippen LogP contribution in [-0.2, 0) is 11.3 Å². The molecule has 2 rings (SSSR count). The van der Waals surface area contributed by atoms with Crippen molar-refractivity contribution in [2.45, 2.75) is 38.6 Å². The van der Waals surface area contributed by atoms with Gasteiger partial charge in [-0.3, -0.25) is 0 Å². The van der Waals surface area contributed by atoms with Crippen molar-refractivity contribution in [3.05, 3.63) is 29.0 Å². The van der Waals surface area contributed by atoms with Gasteiger partial charge in [-0.25, -0.2) is 4.98 Å². The van der Waals surface area contributed by atoms with Gasteiger partial charge in [0.15, 0.2) is 0 Å². The van der Waals surface area contributed by atoms with Crippen molar-refractivity contribution in [3.63, 3.8) is 0 Å². The van der Waals surface area contributed by atoms with Crippen LogP contribution in [0.4, 0.5) is 0 Å². The predicted molar refractivity (Wildman–Crippen MR) is 84.7 cm³/mol. The van der Waals surface area contributed by atoms with Gasteiger partial charge in [0.2, 0.25) is 0 Å². The van der Waals surface area contributed by atoms with Crippen LogP contribution in [0.3, 0.4) is 0 Å². The average Bonchev–Trinajstić information content (AvgIpc) is 2.77. The van der Waals surface area contributed by atoms with Crippen LogP contribution in [-0.4, -0.2) is 22.8 Å². The molecular formula is C15H20Cl2N2O. The van der Waals surface area contributed by atoms with Crippen LogP contribution >= 0.6 is 23.2 Å². The molecule has 1 aromatic heterocycles. The number of nitrogens with zero attached hydrogens (tertiary/aromatic N) is 2. The van der Waals surface area contributed by atoms with E-state index in [0.29, 0.717) is 0 Å². The van der Waals surface area contributed by atoms with E-state index in [2.05, 4.69) is 16.5 Å². The average molecular weight is 315 g/mol. The van der Waals surface area contributed by atoms with Gasteiger partial charge in [0.1, 0.15) is 5.82 Å². The molecule has 3 nitrogen and oxygen atoms in total. The predicted octanol–water partition coefficient (Wildman–Crippen LogP) is 4.81. The van der Waals surface area contributed by atoms with Gasteiger partial charge in [-0.05, 0) is 38.0 Å². The van der Waals surface area contributed by atoms with Gasteiger partial charge in [-0.15, -0.1) is 11.6 Å². The number of hydrogen-bond acceptors (Lipinski definition) is 2. The summed E-state index contributed by atoms with van der Waals surface area (Å²) in [5.41, 5.74) is 1.97. The van der Waals surface area contributed by atoms with E-state index < -0.39 is 0 Å². The van der Waals surface area contributed by atoms with E-state index in [9.17, 15) is 0 Å². The smallest absolute Gasteiger partial charge is 0.127 e. The molecule has 2 aromatic rings. The third-order valence-electron chi connectivity index (χ3n) is 3.11. The first kappa shape index (κ1) is 15.6. The number of alkyl halides is 1. The molecule has 0 amide bonds. The van der Waals surface area contributed by atoms with Gasteiger partial charge in [0.05, 0.1) is 16.4 Å². The molecule has 0 spiro atoms. The first-order valence-electron chi connectivity index (χ1n) is 7.01. The SMILES string of the molecule is CCCOCCCn1c(C(C)Cl)nc2ccc(Cl)cc21. The highest BCUT2D eigenvalue weighted by Crippen LogP contribution is 2.26. The second-order valence-electron chi connectivity index (χ2n) is 4.84. The third-order valence-corrected chi connectivity index (χ3v) is 3.54. The minimum atomic E-state index is -0.127. The Kier molecular flexibility index (Phi) is 5.70. The summed E-state index contributed by atoms with van der Waals surface area (Å²) in [6.07, 6.45) is 1.99. The highest BCUT2D eigenvalue weighted by molar-refractivity contribution is 6.31. The van der Waals surface area contributed by atoms with Crippen molar-refractivity contribution in [1.29, 1.82) is 0 Å². The molecule has 0 aliphatic heterocycles. The largest absolute Gasteiger partial charge is 0.381 e. The lowest BCUT2D eigenvalue weighted by Crippen LogP contribution is -2.07. The Morgan fingerprint density at radius 3 is 2.85 bits per heavy atom. The number of aryl methyl sites for hydroxylation is 1. The fourth-order valence-electron chi connectivity index (χ4n) is 2.22. The summed E-state index contributed by atoms with van der Waals surface area (Å²) in [6, 6.07) is 5.73. The van der Waals surface area contributed by atoms with Crippen LogP contribution in [0.2, 0.25) is 5.02 Å². The van der Waals surface area contributed by atoms with E-state index in [0.717, 1.165) is 54.5 Å². The van der Waals surface area contributed by atoms with Crippen molar-refractivity contribution < 1.29 is 4.74 Å². The topological polar surface area (TPSA) is 27.1 Å². The summed E-state index contributed by atoms with van der Waals surface area (Å²) < 4.78 is 7.67. The number of halogens is 2. The monoisotopic (exact) mass is 314 g/mol. The number of imidazole rings is 1. The number of fused-ring (bicyclic) bond motifs is 1. The first-order chi connectivity index (χ1) is 9.63. The molecule has 0 radical (unpaired) electrons. The van der Waals surface area contributed by atoms with E-state index in [1.165, 1.54) is 0 Å². The summed E-state index contributed by atoms with van der Waals surface area (Å²) in [6.45, 7) is 6.46. The quantitative estimate of drug-likeness (QED) is 0.542. The molecule has 1 atom stereocenters. The molecule has 0 N–H and O–H groups in total. The zero-order chi connectivity index (χ0) is 14.5. The molecule has 0 saturated carbocycles. The van der Waals surface area contributed by atoms with Crippen molar-refractivity contribution in [2.75, 3.05) is 13.2 Å². The maximum absolute atomic E-state index is 6.23. The van der Waals surface area contributed by atoms with Gasteiger partial charge in [0.25, 0.3) is 0 Å². The summed E-state index contributed by atoms with van der Waals surface area (Å²) in [5.74, 6) is 0.888. The molecule has 0 fully saturated rings. The Morgan fingerprint density at radius 1 is 1.35 bits per heavy atom. The van der Waals surface area contributed by atoms with Gasteiger partial charge in [-0.1, -0.05) is 18.5 Å². The molecular weight excluding hydrogens is 295 g/mol. The molecule has 0 saturated heterocycles. The van der Waals surface area contributed by atoms with Crippen molar-refractivity contribution in [3.8, 4) is 0 Å². The number of benzene rings is 1. The molecule has 1 heterocycles. The first-order valence-corrected chi connectivity index (χ1v) is 7.82. The fourth-order valence-corrected chi connectivity index (χ4v) is 2.56. The van der Waals surface area contributed by atoms with E-state index in [1.807, 2.05) is 25.1 Å². The summed E-state index contributed by atoms with van der Waals surface area (Å²) in [4.78, 5) is 4.60. The summed E-state index contributed by atoms with van der Waals surface area (Å²) in [5, 5.41) is 0.590. The molecule has 20 heavy (non-hydrogen) atoms. The fraction of sp³-hybridized carbons (Fsp3) is 0.533. The Morgan fingerprint density at radius 2 is 2.15 bits per heavy atom. The minimum absolute atomic E-state index is 0.127. The molecule has 0 aliphatic carbocycles. The minimum Gasteiger partial charge on any atom is -0.381 e. The van der Waals surface area contributed by atoms with Gasteiger partial charge in [0, 0.05) is 24.8 Å². The van der Waals surface area contributed by atoms with E-state index >= 15 is 0 Å². The second kappa shape index (κ2) is 7.30. The maximum Gasteiger partial charge on any atom is 0.127 e. The summed E-state index contributed by atoms with van der Waals surface area (Å²) >= 11 is 12.3. The number of aromatic nitrogens is 2. The van der Waals surface area contributed by atoms with E-state index in [4.69, 9.17) is 27.9 Å². The number of rotatable bonds is 7. The zero-order valence-corrected chi connectivity index (χ0v) is 13.4. The van der Waals surface area contributed by atoms with Crippen LogP contribution in [0.5, 0.6) is 0 Å². The Labute approximate surface area is 129 Å². The molecule has 5 heteroatoms. The number of hydrogen-bond donors (Lipinski definition) is 0.